The van der Waals surface area contributed by atoms with E-state index in [0.29, 0.717) is 6.54 Å². The van der Waals surface area contributed by atoms with E-state index in [4.69, 9.17) is 0 Å². The van der Waals surface area contributed by atoms with Gasteiger partial charge in [-0.2, -0.15) is 5.26 Å². The molecule has 0 aliphatic rings. The van der Waals surface area contributed by atoms with E-state index in [0.717, 1.165) is 21.9 Å². The van der Waals surface area contributed by atoms with Crippen molar-refractivity contribution >= 4 is 16.7 Å². The number of carbonyl (C=O) groups excluding carboxylic acids is 1. The molecule has 0 unspecified atom stereocenters. The molecule has 0 saturated heterocycles. The molecule has 3 aromatic carbocycles. The van der Waals surface area contributed by atoms with E-state index in [9.17, 15) is 10.1 Å². The van der Waals surface area contributed by atoms with E-state index in [1.54, 1.807) is 4.90 Å². The minimum absolute atomic E-state index is 0.113. The van der Waals surface area contributed by atoms with E-state index < -0.39 is 6.04 Å². The maximum absolute atomic E-state index is 12.2. The summed E-state index contributed by atoms with van der Waals surface area (Å²) >= 11 is 0. The maximum Gasteiger partial charge on any atom is 0.221 e. The van der Waals surface area contributed by atoms with Gasteiger partial charge in [-0.15, -0.1) is 0 Å². The second-order valence-electron chi connectivity index (χ2n) is 5.73. The standard InChI is InChI=1S/C21H18N2O/c1-16(24)23(21(14-22)18-9-3-2-4-10-18)15-19-12-7-11-17-8-5-6-13-20(17)19/h2-13,21H,15H2,1H3/t21-/m1/s1. The minimum atomic E-state index is -0.595. The summed E-state index contributed by atoms with van der Waals surface area (Å²) in [7, 11) is 0. The summed E-state index contributed by atoms with van der Waals surface area (Å²) in [5.41, 5.74) is 1.87. The lowest BCUT2D eigenvalue weighted by atomic mass is 10.0. The van der Waals surface area contributed by atoms with Crippen molar-refractivity contribution in [3.05, 3.63) is 83.9 Å². The first-order valence-corrected chi connectivity index (χ1v) is 7.89. The molecular formula is C21H18N2O. The number of nitrogens with zero attached hydrogens (tertiary/aromatic N) is 2. The van der Waals surface area contributed by atoms with Gasteiger partial charge in [-0.05, 0) is 21.9 Å². The highest BCUT2D eigenvalue weighted by Crippen LogP contribution is 2.26. The second-order valence-corrected chi connectivity index (χ2v) is 5.73. The first-order valence-electron chi connectivity index (χ1n) is 7.89. The van der Waals surface area contributed by atoms with Crippen molar-refractivity contribution in [2.75, 3.05) is 0 Å². The Hall–Kier alpha value is -3.12. The molecule has 24 heavy (non-hydrogen) atoms. The molecule has 0 radical (unpaired) electrons. The zero-order chi connectivity index (χ0) is 16.9. The van der Waals surface area contributed by atoms with Crippen molar-refractivity contribution in [3.8, 4) is 6.07 Å². The van der Waals surface area contributed by atoms with Crippen LogP contribution in [0.1, 0.15) is 24.1 Å². The van der Waals surface area contributed by atoms with Crippen molar-refractivity contribution in [2.45, 2.75) is 19.5 Å². The van der Waals surface area contributed by atoms with Gasteiger partial charge < -0.3 is 4.90 Å². The fraction of sp³-hybridized carbons (Fsp3) is 0.143. The van der Waals surface area contributed by atoms with Gasteiger partial charge in [-0.25, -0.2) is 0 Å². The number of amides is 1. The molecule has 0 aromatic heterocycles. The number of carbonyl (C=O) groups is 1. The molecule has 3 rings (SSSR count). The Balaban J connectivity index is 2.00. The first kappa shape index (κ1) is 15.8. The lowest BCUT2D eigenvalue weighted by molar-refractivity contribution is -0.130. The molecule has 118 valence electrons. The van der Waals surface area contributed by atoms with Crippen molar-refractivity contribution in [2.24, 2.45) is 0 Å². The molecule has 0 spiro atoms. The predicted octanol–water partition coefficient (Wildman–Crippen LogP) is 4.45. The number of rotatable bonds is 4. The van der Waals surface area contributed by atoms with Gasteiger partial charge >= 0.3 is 0 Å². The quantitative estimate of drug-likeness (QED) is 0.714. The van der Waals surface area contributed by atoms with Gasteiger partial charge in [0.1, 0.15) is 6.04 Å². The largest absolute Gasteiger partial charge is 0.318 e. The SMILES string of the molecule is CC(=O)N(Cc1cccc2ccccc12)[C@H](C#N)c1ccccc1. The summed E-state index contributed by atoms with van der Waals surface area (Å²) in [5.74, 6) is -0.113. The molecular weight excluding hydrogens is 296 g/mol. The van der Waals surface area contributed by atoms with Crippen LogP contribution < -0.4 is 0 Å². The number of hydrogen-bond acceptors (Lipinski definition) is 2. The highest BCUT2D eigenvalue weighted by Gasteiger charge is 2.23. The molecule has 0 aliphatic carbocycles. The number of nitriles is 1. The van der Waals surface area contributed by atoms with Gasteiger partial charge in [0, 0.05) is 13.5 Å². The van der Waals surface area contributed by atoms with Crippen LogP contribution in [0.2, 0.25) is 0 Å². The Kier molecular flexibility index (Phi) is 4.58. The highest BCUT2D eigenvalue weighted by molar-refractivity contribution is 5.86. The molecule has 3 nitrogen and oxygen atoms in total. The van der Waals surface area contributed by atoms with Crippen molar-refractivity contribution in [1.82, 2.24) is 4.90 Å². The van der Waals surface area contributed by atoms with Gasteiger partial charge in [-0.3, -0.25) is 4.79 Å². The minimum Gasteiger partial charge on any atom is -0.318 e. The number of benzene rings is 3. The molecule has 3 aromatic rings. The third-order valence-corrected chi connectivity index (χ3v) is 4.17. The van der Waals surface area contributed by atoms with Gasteiger partial charge in [0.25, 0.3) is 0 Å². The average molecular weight is 314 g/mol. The Morgan fingerprint density at radius 1 is 1.00 bits per heavy atom. The van der Waals surface area contributed by atoms with Gasteiger partial charge in [0.15, 0.2) is 0 Å². The third kappa shape index (κ3) is 3.13. The zero-order valence-electron chi connectivity index (χ0n) is 13.5. The summed E-state index contributed by atoms with van der Waals surface area (Å²) in [4.78, 5) is 13.9. The Morgan fingerprint density at radius 3 is 2.38 bits per heavy atom. The van der Waals surface area contributed by atoms with Crippen LogP contribution in [0.15, 0.2) is 72.8 Å². The van der Waals surface area contributed by atoms with Crippen molar-refractivity contribution in [3.63, 3.8) is 0 Å². The molecule has 0 bridgehead atoms. The van der Waals surface area contributed by atoms with Gasteiger partial charge in [0.05, 0.1) is 6.07 Å². The fourth-order valence-electron chi connectivity index (χ4n) is 2.96. The monoisotopic (exact) mass is 314 g/mol. The van der Waals surface area contributed by atoms with E-state index >= 15 is 0 Å². The summed E-state index contributed by atoms with van der Waals surface area (Å²) in [6.45, 7) is 1.92. The smallest absolute Gasteiger partial charge is 0.221 e. The van der Waals surface area contributed by atoms with Crippen LogP contribution in [0.25, 0.3) is 10.8 Å². The molecule has 3 heteroatoms. The summed E-state index contributed by atoms with van der Waals surface area (Å²) < 4.78 is 0. The number of hydrogen-bond donors (Lipinski definition) is 0. The normalized spacial score (nSPS) is 11.7. The Morgan fingerprint density at radius 2 is 1.67 bits per heavy atom. The van der Waals surface area contributed by atoms with Crippen LogP contribution >= 0.6 is 0 Å². The second kappa shape index (κ2) is 6.97. The molecule has 0 saturated carbocycles. The summed E-state index contributed by atoms with van der Waals surface area (Å²) in [6, 6.07) is 25.3. The van der Waals surface area contributed by atoms with Crippen LogP contribution in [0.4, 0.5) is 0 Å². The Labute approximate surface area is 141 Å². The topological polar surface area (TPSA) is 44.1 Å². The van der Waals surface area contributed by atoms with Gasteiger partial charge in [0.2, 0.25) is 5.91 Å². The van der Waals surface area contributed by atoms with E-state index in [1.807, 2.05) is 60.7 Å². The predicted molar refractivity (Wildman–Crippen MR) is 95.0 cm³/mol. The van der Waals surface area contributed by atoms with E-state index in [2.05, 4.69) is 18.2 Å². The molecule has 1 amide bonds. The maximum atomic E-state index is 12.2. The summed E-state index contributed by atoms with van der Waals surface area (Å²) in [6.07, 6.45) is 0. The Bertz CT molecular complexity index is 891. The molecule has 1 atom stereocenters. The van der Waals surface area contributed by atoms with Crippen LogP contribution in [0.3, 0.4) is 0 Å². The van der Waals surface area contributed by atoms with E-state index in [1.165, 1.54) is 6.92 Å². The fourth-order valence-corrected chi connectivity index (χ4v) is 2.96. The first-order chi connectivity index (χ1) is 11.7. The number of fused-ring (bicyclic) bond motifs is 1. The lowest BCUT2D eigenvalue weighted by Gasteiger charge is -2.27. The molecule has 0 N–H and O–H groups in total. The summed E-state index contributed by atoms with van der Waals surface area (Å²) in [5, 5.41) is 11.9. The third-order valence-electron chi connectivity index (χ3n) is 4.17. The van der Waals surface area contributed by atoms with E-state index in [-0.39, 0.29) is 5.91 Å². The average Bonchev–Trinajstić information content (AvgIpc) is 2.62. The lowest BCUT2D eigenvalue weighted by Crippen LogP contribution is -2.32. The van der Waals surface area contributed by atoms with Crippen LogP contribution in [0, 0.1) is 11.3 Å². The van der Waals surface area contributed by atoms with Crippen molar-refractivity contribution < 1.29 is 4.79 Å². The van der Waals surface area contributed by atoms with Crippen LogP contribution in [-0.4, -0.2) is 10.8 Å². The molecule has 0 fully saturated rings. The zero-order valence-corrected chi connectivity index (χ0v) is 13.5. The van der Waals surface area contributed by atoms with Crippen molar-refractivity contribution in [1.29, 1.82) is 5.26 Å². The van der Waals surface area contributed by atoms with Crippen LogP contribution in [-0.2, 0) is 11.3 Å². The molecule has 0 heterocycles. The highest BCUT2D eigenvalue weighted by atomic mass is 16.2. The van der Waals surface area contributed by atoms with Gasteiger partial charge in [-0.1, -0.05) is 72.8 Å². The molecule has 0 aliphatic heterocycles. The van der Waals surface area contributed by atoms with Crippen LogP contribution in [0.5, 0.6) is 0 Å².